The fraction of sp³-hybridized carbons (Fsp3) is 0. The molecule has 1 nitrogen and oxygen atoms in total. The Morgan fingerprint density at radius 2 is 0.755 bits per heavy atom. The summed E-state index contributed by atoms with van der Waals surface area (Å²) in [6.07, 6.45) is 3.84. The minimum atomic E-state index is 1.13. The van der Waals surface area contributed by atoms with E-state index in [1.807, 2.05) is 29.8 Å². The van der Waals surface area contributed by atoms with Gasteiger partial charge in [0.1, 0.15) is 0 Å². The Bertz CT molecular complexity index is 3100. The molecule has 2 heterocycles. The fourth-order valence-electron chi connectivity index (χ4n) is 8.83. The maximum absolute atomic E-state index is 4.51. The zero-order valence-corrected chi connectivity index (χ0v) is 29.6. The number of benzene rings is 9. The molecular formula is C51H31NS. The minimum absolute atomic E-state index is 1.13. The van der Waals surface area contributed by atoms with Crippen LogP contribution in [0.15, 0.2) is 188 Å². The average Bonchev–Trinajstić information content (AvgIpc) is 3.62. The molecule has 0 N–H and O–H groups in total. The predicted octanol–water partition coefficient (Wildman–Crippen LogP) is 14.7. The van der Waals surface area contributed by atoms with Gasteiger partial charge in [-0.2, -0.15) is 0 Å². The van der Waals surface area contributed by atoms with Crippen molar-refractivity contribution in [2.75, 3.05) is 0 Å². The second-order valence-electron chi connectivity index (χ2n) is 13.8. The maximum atomic E-state index is 4.51. The molecule has 0 bridgehead atoms. The van der Waals surface area contributed by atoms with Crippen LogP contribution >= 0.6 is 11.3 Å². The molecule has 2 aromatic heterocycles. The summed E-state index contributed by atoms with van der Waals surface area (Å²) in [5, 5.41) is 12.7. The molecule has 0 spiro atoms. The van der Waals surface area contributed by atoms with Crippen LogP contribution in [0.2, 0.25) is 0 Å². The molecule has 11 aromatic rings. The highest BCUT2D eigenvalue weighted by molar-refractivity contribution is 7.26. The standard InChI is InChI=1S/C51H31NS/c1-2-15-32(16-3-1)46-34-18-4-8-22-38(34)48(39-23-9-5-19-35(39)46)42-26-13-29-45-50(42)44-28-12-27-43(51(44)53-45)49-40-24-10-6-20-36(40)47(33-17-14-30-52-31-33)37-21-7-11-25-41(37)49/h1-31H. The Kier molecular flexibility index (Phi) is 6.80. The summed E-state index contributed by atoms with van der Waals surface area (Å²) in [5.74, 6) is 0. The van der Waals surface area contributed by atoms with Crippen LogP contribution in [-0.2, 0) is 0 Å². The highest BCUT2D eigenvalue weighted by Gasteiger charge is 2.22. The van der Waals surface area contributed by atoms with Crippen LogP contribution in [0.25, 0.3) is 108 Å². The molecule has 0 unspecified atom stereocenters. The zero-order valence-electron chi connectivity index (χ0n) is 28.8. The monoisotopic (exact) mass is 689 g/mol. The van der Waals surface area contributed by atoms with E-state index in [1.54, 1.807) is 0 Å². The Labute approximate surface area is 311 Å². The van der Waals surface area contributed by atoms with Gasteiger partial charge in [-0.25, -0.2) is 0 Å². The summed E-state index contributed by atoms with van der Waals surface area (Å²) in [4.78, 5) is 4.51. The second-order valence-corrected chi connectivity index (χ2v) is 14.8. The van der Waals surface area contributed by atoms with E-state index in [2.05, 4.69) is 175 Å². The quantitative estimate of drug-likeness (QED) is 0.168. The third kappa shape index (κ3) is 4.53. The van der Waals surface area contributed by atoms with Gasteiger partial charge in [0.15, 0.2) is 0 Å². The Morgan fingerprint density at radius 1 is 0.321 bits per heavy atom. The SMILES string of the molecule is c1ccc(-c2c3ccccc3c(-c3cccc4sc5c(-c6c7ccccc7c(-c7cccnc7)c7ccccc67)cccc5c34)c3ccccc23)cc1. The number of rotatable bonds is 4. The van der Waals surface area contributed by atoms with Crippen molar-refractivity contribution < 1.29 is 0 Å². The predicted molar refractivity (Wildman–Crippen MR) is 229 cm³/mol. The van der Waals surface area contributed by atoms with Gasteiger partial charge < -0.3 is 0 Å². The van der Waals surface area contributed by atoms with E-state index in [-0.39, 0.29) is 0 Å². The molecule has 0 aliphatic heterocycles. The number of aromatic nitrogens is 1. The molecule has 11 rings (SSSR count). The van der Waals surface area contributed by atoms with Crippen molar-refractivity contribution in [3.05, 3.63) is 188 Å². The van der Waals surface area contributed by atoms with Crippen molar-refractivity contribution in [1.82, 2.24) is 4.98 Å². The van der Waals surface area contributed by atoms with Gasteiger partial charge in [-0.05, 0) is 88.6 Å². The van der Waals surface area contributed by atoms with E-state index in [9.17, 15) is 0 Å². The number of hydrogen-bond donors (Lipinski definition) is 0. The molecule has 0 radical (unpaired) electrons. The van der Waals surface area contributed by atoms with E-state index >= 15 is 0 Å². The van der Waals surface area contributed by atoms with Crippen molar-refractivity contribution in [2.45, 2.75) is 0 Å². The topological polar surface area (TPSA) is 12.9 Å². The Balaban J connectivity index is 1.24. The first-order valence-electron chi connectivity index (χ1n) is 18.1. The van der Waals surface area contributed by atoms with Gasteiger partial charge in [0, 0.05) is 43.7 Å². The summed E-state index contributed by atoms with van der Waals surface area (Å²) < 4.78 is 2.61. The van der Waals surface area contributed by atoms with Gasteiger partial charge in [-0.1, -0.05) is 164 Å². The van der Waals surface area contributed by atoms with Crippen molar-refractivity contribution >= 4 is 74.6 Å². The van der Waals surface area contributed by atoms with Gasteiger partial charge in [0.2, 0.25) is 0 Å². The van der Waals surface area contributed by atoms with Gasteiger partial charge in [0.25, 0.3) is 0 Å². The van der Waals surface area contributed by atoms with Crippen LogP contribution in [-0.4, -0.2) is 4.98 Å². The molecule has 53 heavy (non-hydrogen) atoms. The molecule has 9 aromatic carbocycles. The largest absolute Gasteiger partial charge is 0.264 e. The number of nitrogens with zero attached hydrogens (tertiary/aromatic N) is 1. The van der Waals surface area contributed by atoms with Crippen LogP contribution in [0.3, 0.4) is 0 Å². The molecular weight excluding hydrogens is 659 g/mol. The summed E-state index contributed by atoms with van der Waals surface area (Å²) in [6, 6.07) is 64.6. The molecule has 0 aliphatic carbocycles. The zero-order chi connectivity index (χ0) is 34.9. The molecule has 246 valence electrons. The summed E-state index contributed by atoms with van der Waals surface area (Å²) in [6.45, 7) is 0. The molecule has 0 aliphatic rings. The van der Waals surface area contributed by atoms with Crippen LogP contribution in [0.4, 0.5) is 0 Å². The first kappa shape index (κ1) is 30.1. The van der Waals surface area contributed by atoms with Gasteiger partial charge in [-0.3, -0.25) is 4.98 Å². The maximum Gasteiger partial charge on any atom is 0.0434 e. The van der Waals surface area contributed by atoms with E-state index in [4.69, 9.17) is 0 Å². The first-order chi connectivity index (χ1) is 26.3. The lowest BCUT2D eigenvalue weighted by Crippen LogP contribution is -1.91. The van der Waals surface area contributed by atoms with Crippen LogP contribution in [0.5, 0.6) is 0 Å². The van der Waals surface area contributed by atoms with Crippen LogP contribution in [0, 0.1) is 0 Å². The summed E-state index contributed by atoms with van der Waals surface area (Å²) in [5.41, 5.74) is 10.0. The Morgan fingerprint density at radius 3 is 1.30 bits per heavy atom. The lowest BCUT2D eigenvalue weighted by molar-refractivity contribution is 1.33. The first-order valence-corrected chi connectivity index (χ1v) is 18.9. The van der Waals surface area contributed by atoms with Crippen LogP contribution < -0.4 is 0 Å². The summed E-state index contributed by atoms with van der Waals surface area (Å²) >= 11 is 1.91. The lowest BCUT2D eigenvalue weighted by atomic mass is 9.84. The average molecular weight is 690 g/mol. The van der Waals surface area contributed by atoms with Crippen LogP contribution in [0.1, 0.15) is 0 Å². The summed E-state index contributed by atoms with van der Waals surface area (Å²) in [7, 11) is 0. The van der Waals surface area contributed by atoms with Gasteiger partial charge >= 0.3 is 0 Å². The van der Waals surface area contributed by atoms with E-state index in [1.165, 1.54) is 102 Å². The smallest absolute Gasteiger partial charge is 0.0434 e. The van der Waals surface area contributed by atoms with Gasteiger partial charge in [0.05, 0.1) is 0 Å². The van der Waals surface area contributed by atoms with E-state index < -0.39 is 0 Å². The van der Waals surface area contributed by atoms with Crippen molar-refractivity contribution in [3.8, 4) is 44.5 Å². The number of thiophene rings is 1. The molecule has 0 amide bonds. The third-order valence-corrected chi connectivity index (χ3v) is 12.1. The number of fused-ring (bicyclic) bond motifs is 7. The normalized spacial score (nSPS) is 11.8. The molecule has 0 saturated heterocycles. The van der Waals surface area contributed by atoms with Gasteiger partial charge in [-0.15, -0.1) is 11.3 Å². The molecule has 0 atom stereocenters. The lowest BCUT2D eigenvalue weighted by Gasteiger charge is -2.18. The number of pyridine rings is 1. The van der Waals surface area contributed by atoms with Crippen molar-refractivity contribution in [1.29, 1.82) is 0 Å². The molecule has 2 heteroatoms. The van der Waals surface area contributed by atoms with E-state index in [0.29, 0.717) is 0 Å². The highest BCUT2D eigenvalue weighted by atomic mass is 32.1. The van der Waals surface area contributed by atoms with E-state index in [0.717, 1.165) is 5.56 Å². The second kappa shape index (κ2) is 12.0. The van der Waals surface area contributed by atoms with Crippen molar-refractivity contribution in [2.24, 2.45) is 0 Å². The Hall–Kier alpha value is -6.61. The van der Waals surface area contributed by atoms with Crippen molar-refractivity contribution in [3.63, 3.8) is 0 Å². The fourth-order valence-corrected chi connectivity index (χ4v) is 10.1. The molecule has 0 fully saturated rings. The third-order valence-electron chi connectivity index (χ3n) is 10.9. The molecule has 0 saturated carbocycles. The number of hydrogen-bond acceptors (Lipinski definition) is 2. The highest BCUT2D eigenvalue weighted by Crippen LogP contribution is 2.51. The minimum Gasteiger partial charge on any atom is -0.264 e.